The van der Waals surface area contributed by atoms with Crippen LogP contribution >= 0.6 is 0 Å². The number of amides is 2. The van der Waals surface area contributed by atoms with Gasteiger partial charge in [-0.2, -0.15) is 0 Å². The van der Waals surface area contributed by atoms with Crippen molar-refractivity contribution >= 4 is 11.8 Å². The first-order valence-corrected chi connectivity index (χ1v) is 7.40. The van der Waals surface area contributed by atoms with Gasteiger partial charge in [0.05, 0.1) is 0 Å². The van der Waals surface area contributed by atoms with Gasteiger partial charge in [0.25, 0.3) is 0 Å². The molecule has 0 saturated heterocycles. The van der Waals surface area contributed by atoms with Gasteiger partial charge in [-0.05, 0) is 35.8 Å². The Hall–Kier alpha value is -1.58. The third kappa shape index (κ3) is 11.9. The van der Waals surface area contributed by atoms with Gasteiger partial charge in [0, 0.05) is 13.1 Å². The lowest BCUT2D eigenvalue weighted by molar-refractivity contribution is -0.117. The number of allylic oxidation sites excluding steroid dienone is 1. The average molecular weight is 294 g/mol. The minimum atomic E-state index is -0.153. The maximum atomic E-state index is 11.6. The zero-order valence-corrected chi connectivity index (χ0v) is 14.1. The van der Waals surface area contributed by atoms with E-state index in [-0.39, 0.29) is 22.6 Å². The summed E-state index contributed by atoms with van der Waals surface area (Å²) in [5.41, 5.74) is 0.0831. The summed E-state index contributed by atoms with van der Waals surface area (Å²) >= 11 is 0. The van der Waals surface area contributed by atoms with Crippen LogP contribution in [0, 0.1) is 10.8 Å². The smallest absolute Gasteiger partial charge is 0.243 e. The lowest BCUT2D eigenvalue weighted by atomic mass is 9.87. The zero-order chi connectivity index (χ0) is 16.5. The molecule has 0 spiro atoms. The summed E-state index contributed by atoms with van der Waals surface area (Å²) in [6.07, 6.45) is 6.45. The summed E-state index contributed by atoms with van der Waals surface area (Å²) in [7, 11) is 0. The summed E-state index contributed by atoms with van der Waals surface area (Å²) in [6, 6.07) is 0. The van der Waals surface area contributed by atoms with Gasteiger partial charge in [-0.1, -0.05) is 47.3 Å². The maximum absolute atomic E-state index is 11.6. The molecule has 0 rings (SSSR count). The molecular formula is C17H30N2O2. The Morgan fingerprint density at radius 1 is 1.00 bits per heavy atom. The molecule has 0 fully saturated rings. The second-order valence-corrected chi connectivity index (χ2v) is 7.31. The molecule has 0 aliphatic rings. The fourth-order valence-corrected chi connectivity index (χ4v) is 1.56. The molecule has 4 nitrogen and oxygen atoms in total. The van der Waals surface area contributed by atoms with Gasteiger partial charge in [0.15, 0.2) is 0 Å². The number of carbonyl (C=O) groups excluding carboxylic acids is 2. The summed E-state index contributed by atoms with van der Waals surface area (Å²) < 4.78 is 0. The van der Waals surface area contributed by atoms with Crippen LogP contribution in [0.4, 0.5) is 0 Å². The van der Waals surface area contributed by atoms with Crippen molar-refractivity contribution in [3.8, 4) is 0 Å². The van der Waals surface area contributed by atoms with Gasteiger partial charge < -0.3 is 10.6 Å². The number of carbonyl (C=O) groups is 2. The number of rotatable bonds is 8. The van der Waals surface area contributed by atoms with Gasteiger partial charge >= 0.3 is 0 Å². The molecule has 0 heterocycles. The van der Waals surface area contributed by atoms with Crippen LogP contribution in [0.2, 0.25) is 0 Å². The molecule has 0 aromatic carbocycles. The highest BCUT2D eigenvalue weighted by molar-refractivity contribution is 5.87. The quantitative estimate of drug-likeness (QED) is 0.676. The summed E-state index contributed by atoms with van der Waals surface area (Å²) in [5, 5.41) is 5.67. The topological polar surface area (TPSA) is 58.2 Å². The van der Waals surface area contributed by atoms with E-state index in [2.05, 4.69) is 51.8 Å². The van der Waals surface area contributed by atoms with E-state index < -0.39 is 0 Å². The summed E-state index contributed by atoms with van der Waals surface area (Å²) in [4.78, 5) is 22.7. The highest BCUT2D eigenvalue weighted by atomic mass is 16.2. The molecule has 2 amide bonds. The molecule has 0 bridgehead atoms. The molecule has 120 valence electrons. The van der Waals surface area contributed by atoms with Crippen LogP contribution in [-0.4, -0.2) is 24.9 Å². The average Bonchev–Trinajstić information content (AvgIpc) is 2.38. The Morgan fingerprint density at radius 2 is 1.57 bits per heavy atom. The molecule has 0 aliphatic carbocycles. The van der Waals surface area contributed by atoms with Gasteiger partial charge in [-0.25, -0.2) is 0 Å². The van der Waals surface area contributed by atoms with E-state index in [1.165, 1.54) is 6.08 Å². The standard InChI is InChI=1S/C17H30N2O2/c1-7-14(20)19-13-17(5,6)11-9-8-10-15(21)18-12-16(2,3)4/h7-8,10H,1,9,11-13H2,2-6H3,(H,18,21)(H,19,20)/b10-8+. The van der Waals surface area contributed by atoms with Crippen molar-refractivity contribution in [2.75, 3.05) is 13.1 Å². The lowest BCUT2D eigenvalue weighted by Crippen LogP contribution is -2.32. The van der Waals surface area contributed by atoms with E-state index in [4.69, 9.17) is 0 Å². The minimum absolute atomic E-state index is 0.00903. The van der Waals surface area contributed by atoms with E-state index in [0.29, 0.717) is 13.1 Å². The highest BCUT2D eigenvalue weighted by Crippen LogP contribution is 2.21. The van der Waals surface area contributed by atoms with Crippen molar-refractivity contribution < 1.29 is 9.59 Å². The van der Waals surface area contributed by atoms with Crippen molar-refractivity contribution in [2.45, 2.75) is 47.5 Å². The van der Waals surface area contributed by atoms with Gasteiger partial charge in [0.1, 0.15) is 0 Å². The second kappa shape index (κ2) is 8.65. The molecule has 0 aromatic rings. The largest absolute Gasteiger partial charge is 0.352 e. The molecule has 0 aromatic heterocycles. The minimum Gasteiger partial charge on any atom is -0.352 e. The van der Waals surface area contributed by atoms with Crippen molar-refractivity contribution in [3.63, 3.8) is 0 Å². The molecule has 21 heavy (non-hydrogen) atoms. The molecule has 0 radical (unpaired) electrons. The van der Waals surface area contributed by atoms with Gasteiger partial charge in [-0.3, -0.25) is 9.59 Å². The predicted octanol–water partition coefficient (Wildman–Crippen LogP) is 2.81. The Bertz CT molecular complexity index is 390. The Balaban J connectivity index is 4.00. The van der Waals surface area contributed by atoms with E-state index in [0.717, 1.165) is 12.8 Å². The molecular weight excluding hydrogens is 264 g/mol. The van der Waals surface area contributed by atoms with Crippen LogP contribution in [0.3, 0.4) is 0 Å². The van der Waals surface area contributed by atoms with Crippen LogP contribution < -0.4 is 10.6 Å². The monoisotopic (exact) mass is 294 g/mol. The SMILES string of the molecule is C=CC(=O)NCC(C)(C)CC/C=C/C(=O)NCC(C)(C)C. The fraction of sp³-hybridized carbons (Fsp3) is 0.647. The first-order chi connectivity index (χ1) is 9.56. The molecule has 0 atom stereocenters. The Kier molecular flexibility index (Phi) is 8.00. The van der Waals surface area contributed by atoms with Crippen molar-refractivity contribution in [3.05, 3.63) is 24.8 Å². The Labute approximate surface area is 129 Å². The van der Waals surface area contributed by atoms with Gasteiger partial charge in [-0.15, -0.1) is 0 Å². The normalized spacial score (nSPS) is 12.2. The molecule has 0 saturated carbocycles. The number of hydrogen-bond donors (Lipinski definition) is 2. The van der Waals surface area contributed by atoms with E-state index in [1.807, 2.05) is 6.08 Å². The van der Waals surface area contributed by atoms with Crippen LogP contribution in [0.15, 0.2) is 24.8 Å². The van der Waals surface area contributed by atoms with Crippen molar-refractivity contribution in [1.82, 2.24) is 10.6 Å². The van der Waals surface area contributed by atoms with Crippen molar-refractivity contribution in [2.24, 2.45) is 10.8 Å². The summed E-state index contributed by atoms with van der Waals surface area (Å²) in [6.45, 7) is 15.1. The third-order valence-corrected chi connectivity index (χ3v) is 2.98. The first-order valence-electron chi connectivity index (χ1n) is 7.40. The lowest BCUT2D eigenvalue weighted by Gasteiger charge is -2.24. The molecule has 2 N–H and O–H groups in total. The zero-order valence-electron chi connectivity index (χ0n) is 14.1. The number of hydrogen-bond acceptors (Lipinski definition) is 2. The summed E-state index contributed by atoms with van der Waals surface area (Å²) in [5.74, 6) is -0.206. The van der Waals surface area contributed by atoms with Crippen molar-refractivity contribution in [1.29, 1.82) is 0 Å². The maximum Gasteiger partial charge on any atom is 0.243 e. The fourth-order valence-electron chi connectivity index (χ4n) is 1.56. The first kappa shape index (κ1) is 19.4. The van der Waals surface area contributed by atoms with E-state index in [1.54, 1.807) is 6.08 Å². The highest BCUT2D eigenvalue weighted by Gasteiger charge is 2.17. The van der Waals surface area contributed by atoms with Crippen LogP contribution in [-0.2, 0) is 9.59 Å². The predicted molar refractivity (Wildman–Crippen MR) is 87.8 cm³/mol. The number of nitrogens with one attached hydrogen (secondary N) is 2. The van der Waals surface area contributed by atoms with Crippen LogP contribution in [0.25, 0.3) is 0 Å². The third-order valence-electron chi connectivity index (χ3n) is 2.98. The molecule has 0 unspecified atom stereocenters. The van der Waals surface area contributed by atoms with Crippen LogP contribution in [0.5, 0.6) is 0 Å². The van der Waals surface area contributed by atoms with Gasteiger partial charge in [0.2, 0.25) is 11.8 Å². The second-order valence-electron chi connectivity index (χ2n) is 7.31. The van der Waals surface area contributed by atoms with Crippen LogP contribution in [0.1, 0.15) is 47.5 Å². The molecule has 4 heteroatoms. The van der Waals surface area contributed by atoms with E-state index >= 15 is 0 Å². The molecule has 0 aliphatic heterocycles. The Morgan fingerprint density at radius 3 is 2.10 bits per heavy atom. The van der Waals surface area contributed by atoms with E-state index in [9.17, 15) is 9.59 Å².